The second kappa shape index (κ2) is 5.54. The van der Waals surface area contributed by atoms with Crippen LogP contribution in [0.1, 0.15) is 38.4 Å². The van der Waals surface area contributed by atoms with Gasteiger partial charge in [-0.3, -0.25) is 4.90 Å². The van der Waals surface area contributed by atoms with E-state index in [2.05, 4.69) is 34.1 Å². The average Bonchev–Trinajstić information content (AvgIpc) is 2.94. The average molecular weight is 276 g/mol. The molecule has 2 aliphatic heterocycles. The summed E-state index contributed by atoms with van der Waals surface area (Å²) < 4.78 is 0. The monoisotopic (exact) mass is 276 g/mol. The first-order valence-corrected chi connectivity index (χ1v) is 7.52. The molecule has 1 atom stereocenters. The van der Waals surface area contributed by atoms with Crippen LogP contribution in [0.4, 0.5) is 11.6 Å². The van der Waals surface area contributed by atoms with E-state index in [1.807, 2.05) is 6.07 Å². The van der Waals surface area contributed by atoms with Crippen molar-refractivity contribution in [3.8, 4) is 0 Å². The number of hydrogen-bond donors (Lipinski definition) is 2. The van der Waals surface area contributed by atoms with Crippen LogP contribution in [0.2, 0.25) is 0 Å². The molecule has 6 nitrogen and oxygen atoms in total. The largest absolute Gasteiger partial charge is 0.354 e. The second-order valence-corrected chi connectivity index (χ2v) is 6.05. The van der Waals surface area contributed by atoms with Crippen LogP contribution in [-0.4, -0.2) is 47.1 Å². The van der Waals surface area contributed by atoms with Gasteiger partial charge in [0.1, 0.15) is 17.5 Å². The minimum absolute atomic E-state index is 0.301. The van der Waals surface area contributed by atoms with Crippen molar-refractivity contribution < 1.29 is 0 Å². The van der Waals surface area contributed by atoms with Crippen molar-refractivity contribution in [3.63, 3.8) is 0 Å². The lowest BCUT2D eigenvalue weighted by Crippen LogP contribution is -2.50. The van der Waals surface area contributed by atoms with Crippen molar-refractivity contribution in [2.75, 3.05) is 36.5 Å². The Morgan fingerprint density at radius 3 is 2.90 bits per heavy atom. The van der Waals surface area contributed by atoms with Gasteiger partial charge >= 0.3 is 0 Å². The summed E-state index contributed by atoms with van der Waals surface area (Å²) in [5, 5.41) is 0. The van der Waals surface area contributed by atoms with E-state index in [1.54, 1.807) is 0 Å². The third-order valence-electron chi connectivity index (χ3n) is 4.31. The van der Waals surface area contributed by atoms with Crippen molar-refractivity contribution >= 4 is 11.6 Å². The molecule has 0 aromatic carbocycles. The van der Waals surface area contributed by atoms with Gasteiger partial charge < -0.3 is 10.3 Å². The Hall–Kier alpha value is -1.40. The van der Waals surface area contributed by atoms with E-state index in [4.69, 9.17) is 10.8 Å². The number of hydrogen-bond acceptors (Lipinski definition) is 6. The summed E-state index contributed by atoms with van der Waals surface area (Å²) in [7, 11) is 0. The molecule has 0 amide bonds. The number of aromatic nitrogens is 2. The molecule has 2 saturated heterocycles. The molecule has 1 aromatic rings. The number of nitrogens with zero attached hydrogens (tertiary/aromatic N) is 4. The van der Waals surface area contributed by atoms with Crippen molar-refractivity contribution in [2.24, 2.45) is 5.84 Å². The van der Waals surface area contributed by atoms with Crippen LogP contribution in [0.25, 0.3) is 0 Å². The van der Waals surface area contributed by atoms with Gasteiger partial charge in [0.05, 0.1) is 0 Å². The van der Waals surface area contributed by atoms with Gasteiger partial charge in [0.2, 0.25) is 0 Å². The maximum Gasteiger partial charge on any atom is 0.145 e. The van der Waals surface area contributed by atoms with Gasteiger partial charge in [0.25, 0.3) is 0 Å². The Balaban J connectivity index is 1.83. The molecule has 0 aliphatic carbocycles. The van der Waals surface area contributed by atoms with Crippen molar-refractivity contribution in [1.82, 2.24) is 14.9 Å². The topological polar surface area (TPSA) is 70.3 Å². The zero-order valence-corrected chi connectivity index (χ0v) is 12.3. The van der Waals surface area contributed by atoms with Crippen LogP contribution in [0.3, 0.4) is 0 Å². The van der Waals surface area contributed by atoms with Crippen LogP contribution in [-0.2, 0) is 0 Å². The van der Waals surface area contributed by atoms with Crippen LogP contribution < -0.4 is 16.2 Å². The number of nitrogens with two attached hydrogens (primary N) is 1. The van der Waals surface area contributed by atoms with E-state index in [-0.39, 0.29) is 0 Å². The zero-order chi connectivity index (χ0) is 14.1. The van der Waals surface area contributed by atoms with Crippen LogP contribution in [0.5, 0.6) is 0 Å². The van der Waals surface area contributed by atoms with Gasteiger partial charge in [-0.1, -0.05) is 13.8 Å². The van der Waals surface area contributed by atoms with Crippen LogP contribution in [0, 0.1) is 0 Å². The normalized spacial score (nSPS) is 23.2. The van der Waals surface area contributed by atoms with Gasteiger partial charge in [-0.15, -0.1) is 0 Å². The third-order valence-corrected chi connectivity index (χ3v) is 4.31. The molecule has 1 aromatic heterocycles. The highest BCUT2D eigenvalue weighted by Crippen LogP contribution is 2.26. The van der Waals surface area contributed by atoms with Gasteiger partial charge in [-0.2, -0.15) is 0 Å². The molecule has 0 radical (unpaired) electrons. The molecule has 20 heavy (non-hydrogen) atoms. The van der Waals surface area contributed by atoms with Gasteiger partial charge in [-0.25, -0.2) is 15.8 Å². The quantitative estimate of drug-likeness (QED) is 0.638. The first kappa shape index (κ1) is 13.6. The fourth-order valence-corrected chi connectivity index (χ4v) is 3.15. The van der Waals surface area contributed by atoms with Gasteiger partial charge in [-0.05, 0) is 19.4 Å². The lowest BCUT2D eigenvalue weighted by molar-refractivity contribution is 0.230. The van der Waals surface area contributed by atoms with E-state index < -0.39 is 0 Å². The SMILES string of the molecule is CC(C)c1nc(NN)cc(N2CCN3CCCC3C2)n1. The van der Waals surface area contributed by atoms with Crippen molar-refractivity contribution in [3.05, 3.63) is 11.9 Å². The summed E-state index contributed by atoms with van der Waals surface area (Å²) >= 11 is 0. The number of nitrogens with one attached hydrogen (secondary N) is 1. The highest BCUT2D eigenvalue weighted by Gasteiger charge is 2.31. The van der Waals surface area contributed by atoms with E-state index in [0.717, 1.165) is 31.3 Å². The Morgan fingerprint density at radius 1 is 1.30 bits per heavy atom. The number of nitrogen functional groups attached to an aromatic ring is 1. The summed E-state index contributed by atoms with van der Waals surface area (Å²) in [5.74, 6) is 8.39. The molecule has 1 unspecified atom stereocenters. The first-order chi connectivity index (χ1) is 9.67. The standard InChI is InChI=1S/C14H24N6/c1-10(2)14-16-12(18-15)8-13(17-14)20-7-6-19-5-3-4-11(19)9-20/h8,10-11H,3-7,9,15H2,1-2H3,(H,16,17,18). The van der Waals surface area contributed by atoms with E-state index in [9.17, 15) is 0 Å². The number of fused-ring (bicyclic) bond motifs is 1. The molecule has 6 heteroatoms. The lowest BCUT2D eigenvalue weighted by Gasteiger charge is -2.38. The fourth-order valence-electron chi connectivity index (χ4n) is 3.15. The Bertz CT molecular complexity index is 475. The molecule has 2 aliphatic rings. The predicted molar refractivity (Wildman–Crippen MR) is 80.7 cm³/mol. The Kier molecular flexibility index (Phi) is 3.76. The summed E-state index contributed by atoms with van der Waals surface area (Å²) in [6.07, 6.45) is 2.63. The second-order valence-electron chi connectivity index (χ2n) is 6.05. The highest BCUT2D eigenvalue weighted by atomic mass is 15.3. The molecule has 0 spiro atoms. The minimum atomic E-state index is 0.301. The smallest absolute Gasteiger partial charge is 0.145 e. The van der Waals surface area contributed by atoms with Crippen LogP contribution in [0.15, 0.2) is 6.07 Å². The summed E-state index contributed by atoms with van der Waals surface area (Å²) in [5.41, 5.74) is 2.66. The van der Waals surface area contributed by atoms with E-state index in [1.165, 1.54) is 19.4 Å². The van der Waals surface area contributed by atoms with Gasteiger partial charge in [0.15, 0.2) is 0 Å². The summed E-state index contributed by atoms with van der Waals surface area (Å²) in [4.78, 5) is 14.1. The van der Waals surface area contributed by atoms with E-state index in [0.29, 0.717) is 17.8 Å². The first-order valence-electron chi connectivity index (χ1n) is 7.52. The molecule has 3 heterocycles. The number of hydrazine groups is 1. The van der Waals surface area contributed by atoms with Crippen molar-refractivity contribution in [2.45, 2.75) is 38.6 Å². The number of rotatable bonds is 3. The molecule has 3 N–H and O–H groups in total. The van der Waals surface area contributed by atoms with Crippen LogP contribution >= 0.6 is 0 Å². The molecule has 2 fully saturated rings. The number of anilines is 2. The lowest BCUT2D eigenvalue weighted by atomic mass is 10.1. The molecular weight excluding hydrogens is 252 g/mol. The summed E-state index contributed by atoms with van der Waals surface area (Å²) in [6, 6.07) is 2.65. The number of piperazine rings is 1. The Morgan fingerprint density at radius 2 is 2.15 bits per heavy atom. The predicted octanol–water partition coefficient (Wildman–Crippen LogP) is 1.17. The molecule has 110 valence electrons. The Labute approximate surface area is 120 Å². The summed E-state index contributed by atoms with van der Waals surface area (Å²) in [6.45, 7) is 8.71. The molecule has 0 bridgehead atoms. The van der Waals surface area contributed by atoms with E-state index >= 15 is 0 Å². The molecule has 0 saturated carbocycles. The van der Waals surface area contributed by atoms with Crippen molar-refractivity contribution in [1.29, 1.82) is 0 Å². The molecule has 3 rings (SSSR count). The third kappa shape index (κ3) is 2.58. The maximum atomic E-state index is 5.54. The highest BCUT2D eigenvalue weighted by molar-refractivity contribution is 5.49. The fraction of sp³-hybridized carbons (Fsp3) is 0.714. The zero-order valence-electron chi connectivity index (χ0n) is 12.3. The van der Waals surface area contributed by atoms with Gasteiger partial charge in [0, 0.05) is 37.7 Å². The minimum Gasteiger partial charge on any atom is -0.354 e. The molecular formula is C14H24N6. The maximum absolute atomic E-state index is 5.54.